The summed E-state index contributed by atoms with van der Waals surface area (Å²) in [5.74, 6) is 0. The van der Waals surface area contributed by atoms with Gasteiger partial charge in [-0.1, -0.05) is 0 Å². The molecule has 0 aromatic carbocycles. The van der Waals surface area contributed by atoms with E-state index >= 15 is 0 Å². The van der Waals surface area contributed by atoms with Crippen molar-refractivity contribution >= 4 is 27.3 Å². The van der Waals surface area contributed by atoms with Gasteiger partial charge in [0.2, 0.25) is 0 Å². The molecule has 0 saturated carbocycles. The smallest absolute Gasteiger partial charge is 0.0798 e. The first-order valence-electron chi connectivity index (χ1n) is 5.85. The van der Waals surface area contributed by atoms with Crippen molar-refractivity contribution in [2.45, 2.75) is 31.5 Å². The molecule has 1 aromatic rings. The van der Waals surface area contributed by atoms with Gasteiger partial charge in [0.05, 0.1) is 11.6 Å². The standard InChI is InChI=1S/C12H19BrN2OS/c1-12(16)3-4-14-6-11(12)15(2)7-10-5-9(13)8-17-10/h5,8,11,14,16H,3-4,6-7H2,1-2H3. The predicted molar refractivity (Wildman–Crippen MR) is 75.4 cm³/mol. The summed E-state index contributed by atoms with van der Waals surface area (Å²) < 4.78 is 1.14. The van der Waals surface area contributed by atoms with E-state index in [1.807, 2.05) is 6.92 Å². The summed E-state index contributed by atoms with van der Waals surface area (Å²) in [4.78, 5) is 3.56. The maximum absolute atomic E-state index is 10.4. The van der Waals surface area contributed by atoms with E-state index in [-0.39, 0.29) is 6.04 Å². The molecular weight excluding hydrogens is 300 g/mol. The maximum Gasteiger partial charge on any atom is 0.0798 e. The maximum atomic E-state index is 10.4. The van der Waals surface area contributed by atoms with Crippen molar-refractivity contribution in [2.75, 3.05) is 20.1 Å². The van der Waals surface area contributed by atoms with Crippen LogP contribution in [0, 0.1) is 0 Å². The minimum Gasteiger partial charge on any atom is -0.388 e. The third kappa shape index (κ3) is 3.29. The van der Waals surface area contributed by atoms with E-state index in [0.717, 1.165) is 30.5 Å². The second-order valence-corrected chi connectivity index (χ2v) is 6.88. The topological polar surface area (TPSA) is 35.5 Å². The zero-order valence-corrected chi connectivity index (χ0v) is 12.6. The van der Waals surface area contributed by atoms with Crippen molar-refractivity contribution < 1.29 is 5.11 Å². The van der Waals surface area contributed by atoms with Crippen LogP contribution < -0.4 is 5.32 Å². The highest BCUT2D eigenvalue weighted by molar-refractivity contribution is 9.10. The Hall–Kier alpha value is 0.0600. The van der Waals surface area contributed by atoms with Crippen molar-refractivity contribution in [3.05, 3.63) is 20.8 Å². The van der Waals surface area contributed by atoms with Gasteiger partial charge in [0.25, 0.3) is 0 Å². The number of nitrogens with one attached hydrogen (secondary N) is 1. The number of nitrogens with zero attached hydrogens (tertiary/aromatic N) is 1. The van der Waals surface area contributed by atoms with Crippen LogP contribution in [0.25, 0.3) is 0 Å². The summed E-state index contributed by atoms with van der Waals surface area (Å²) in [7, 11) is 2.08. The lowest BCUT2D eigenvalue weighted by atomic mass is 9.88. The zero-order chi connectivity index (χ0) is 12.5. The molecule has 0 spiro atoms. The van der Waals surface area contributed by atoms with Gasteiger partial charge in [-0.25, -0.2) is 0 Å². The highest BCUT2D eigenvalue weighted by Gasteiger charge is 2.36. The summed E-state index contributed by atoms with van der Waals surface area (Å²) in [5, 5.41) is 15.9. The van der Waals surface area contributed by atoms with Crippen LogP contribution in [0.2, 0.25) is 0 Å². The summed E-state index contributed by atoms with van der Waals surface area (Å²) in [6, 6.07) is 2.32. The van der Waals surface area contributed by atoms with Crippen LogP contribution in [0.15, 0.2) is 15.9 Å². The molecule has 2 atom stereocenters. The number of halogens is 1. The molecule has 5 heteroatoms. The van der Waals surface area contributed by atoms with E-state index in [0.29, 0.717) is 0 Å². The van der Waals surface area contributed by atoms with Gasteiger partial charge in [0.1, 0.15) is 0 Å². The van der Waals surface area contributed by atoms with Gasteiger partial charge < -0.3 is 10.4 Å². The first-order valence-corrected chi connectivity index (χ1v) is 7.52. The Morgan fingerprint density at radius 1 is 1.71 bits per heavy atom. The summed E-state index contributed by atoms with van der Waals surface area (Å²) in [5.41, 5.74) is -0.589. The second-order valence-electron chi connectivity index (χ2n) is 4.97. The molecular formula is C12H19BrN2OS. The molecule has 2 rings (SSSR count). The second kappa shape index (κ2) is 5.36. The van der Waals surface area contributed by atoms with Gasteiger partial charge in [0.15, 0.2) is 0 Å². The minimum absolute atomic E-state index is 0.178. The number of aliphatic hydroxyl groups is 1. The van der Waals surface area contributed by atoms with Gasteiger partial charge in [-0.2, -0.15) is 0 Å². The highest BCUT2D eigenvalue weighted by atomic mass is 79.9. The Bertz CT molecular complexity index is 380. The molecule has 2 heterocycles. The molecule has 0 bridgehead atoms. The molecule has 1 aliphatic rings. The summed E-state index contributed by atoms with van der Waals surface area (Å²) in [6.07, 6.45) is 0.816. The normalized spacial score (nSPS) is 29.8. The third-order valence-electron chi connectivity index (χ3n) is 3.42. The van der Waals surface area contributed by atoms with E-state index in [2.05, 4.69) is 44.6 Å². The van der Waals surface area contributed by atoms with Crippen LogP contribution in [0.3, 0.4) is 0 Å². The fourth-order valence-electron chi connectivity index (χ4n) is 2.39. The molecule has 1 aromatic heterocycles. The number of likely N-dealkylation sites (N-methyl/N-ethyl adjacent to an activating group) is 1. The lowest BCUT2D eigenvalue weighted by Gasteiger charge is -2.42. The van der Waals surface area contributed by atoms with Crippen LogP contribution in [0.5, 0.6) is 0 Å². The van der Waals surface area contributed by atoms with E-state index in [9.17, 15) is 5.11 Å². The lowest BCUT2D eigenvalue weighted by Crippen LogP contribution is -2.58. The Kier molecular flexibility index (Phi) is 4.26. The molecule has 1 fully saturated rings. The van der Waals surface area contributed by atoms with Gasteiger partial charge in [-0.15, -0.1) is 11.3 Å². The minimum atomic E-state index is -0.589. The lowest BCUT2D eigenvalue weighted by molar-refractivity contribution is -0.0470. The van der Waals surface area contributed by atoms with Crippen LogP contribution in [-0.4, -0.2) is 41.8 Å². The van der Waals surface area contributed by atoms with Gasteiger partial charge in [-0.05, 0) is 48.9 Å². The van der Waals surface area contributed by atoms with Crippen LogP contribution in [-0.2, 0) is 6.54 Å². The van der Waals surface area contributed by atoms with E-state index in [4.69, 9.17) is 0 Å². The molecule has 2 N–H and O–H groups in total. The first kappa shape index (κ1) is 13.5. The van der Waals surface area contributed by atoms with E-state index < -0.39 is 5.60 Å². The van der Waals surface area contributed by atoms with E-state index in [1.54, 1.807) is 11.3 Å². The molecule has 0 amide bonds. The Morgan fingerprint density at radius 3 is 3.06 bits per heavy atom. The van der Waals surface area contributed by atoms with Crippen molar-refractivity contribution in [3.8, 4) is 0 Å². The quantitative estimate of drug-likeness (QED) is 0.895. The van der Waals surface area contributed by atoms with Crippen LogP contribution in [0.1, 0.15) is 18.2 Å². The predicted octanol–water partition coefficient (Wildman–Crippen LogP) is 2.06. The Morgan fingerprint density at radius 2 is 2.47 bits per heavy atom. The summed E-state index contributed by atoms with van der Waals surface area (Å²) in [6.45, 7) is 4.59. The van der Waals surface area contributed by atoms with Crippen molar-refractivity contribution in [1.29, 1.82) is 0 Å². The van der Waals surface area contributed by atoms with Crippen molar-refractivity contribution in [3.63, 3.8) is 0 Å². The number of piperidine rings is 1. The molecule has 1 saturated heterocycles. The first-order chi connectivity index (χ1) is 7.99. The average Bonchev–Trinajstić information content (AvgIpc) is 2.63. The number of hydrogen-bond donors (Lipinski definition) is 2. The molecule has 2 unspecified atom stereocenters. The number of hydrogen-bond acceptors (Lipinski definition) is 4. The third-order valence-corrected chi connectivity index (χ3v) is 5.10. The highest BCUT2D eigenvalue weighted by Crippen LogP contribution is 2.26. The fourth-order valence-corrected chi connectivity index (χ4v) is 3.90. The van der Waals surface area contributed by atoms with Crippen molar-refractivity contribution in [1.82, 2.24) is 10.2 Å². The summed E-state index contributed by atoms with van der Waals surface area (Å²) >= 11 is 5.22. The van der Waals surface area contributed by atoms with Crippen LogP contribution >= 0.6 is 27.3 Å². The average molecular weight is 319 g/mol. The Labute approximate surface area is 115 Å². The molecule has 0 aliphatic carbocycles. The van der Waals surface area contributed by atoms with Gasteiger partial charge in [-0.3, -0.25) is 4.90 Å². The Balaban J connectivity index is 2.01. The molecule has 3 nitrogen and oxygen atoms in total. The molecule has 17 heavy (non-hydrogen) atoms. The molecule has 96 valence electrons. The number of rotatable bonds is 3. The fraction of sp³-hybridized carbons (Fsp3) is 0.667. The monoisotopic (exact) mass is 318 g/mol. The van der Waals surface area contributed by atoms with Gasteiger partial charge in [0, 0.05) is 27.8 Å². The molecule has 1 aliphatic heterocycles. The van der Waals surface area contributed by atoms with Crippen LogP contribution in [0.4, 0.5) is 0 Å². The largest absolute Gasteiger partial charge is 0.388 e. The zero-order valence-electron chi connectivity index (χ0n) is 10.2. The van der Waals surface area contributed by atoms with Gasteiger partial charge >= 0.3 is 0 Å². The SMILES string of the molecule is CN(Cc1cc(Br)cs1)C1CNCCC1(C)O. The van der Waals surface area contributed by atoms with Crippen molar-refractivity contribution in [2.24, 2.45) is 0 Å². The number of thiophene rings is 1. The molecule has 0 radical (unpaired) electrons. The van der Waals surface area contributed by atoms with E-state index in [1.165, 1.54) is 4.88 Å².